The van der Waals surface area contributed by atoms with Gasteiger partial charge in [-0.2, -0.15) is 0 Å². The van der Waals surface area contributed by atoms with Crippen molar-refractivity contribution in [3.8, 4) is 5.75 Å². The lowest BCUT2D eigenvalue weighted by Gasteiger charge is -2.11. The number of nitrogens with zero attached hydrogens (tertiary/aromatic N) is 1. The van der Waals surface area contributed by atoms with Crippen molar-refractivity contribution < 1.29 is 14.5 Å². The molecule has 26 heavy (non-hydrogen) atoms. The van der Waals surface area contributed by atoms with E-state index in [9.17, 15) is 14.9 Å². The minimum absolute atomic E-state index is 0.00402. The predicted molar refractivity (Wildman–Crippen MR) is 104 cm³/mol. The number of halogens is 2. The highest BCUT2D eigenvalue weighted by atomic mass is 79.9. The number of nitro groups is 1. The monoisotopic (exact) mass is 434 g/mol. The van der Waals surface area contributed by atoms with Crippen molar-refractivity contribution in [2.24, 2.45) is 0 Å². The topological polar surface area (TPSA) is 81.5 Å². The van der Waals surface area contributed by atoms with E-state index in [1.165, 1.54) is 18.2 Å². The van der Waals surface area contributed by atoms with Crippen molar-refractivity contribution in [3.63, 3.8) is 0 Å². The average Bonchev–Trinajstić information content (AvgIpc) is 2.63. The SMILES string of the molecule is O=C(COc1ccc2ccccc2c1Br)Nc1ccc(Cl)c([N+](=O)[O-])c1. The van der Waals surface area contributed by atoms with E-state index < -0.39 is 10.8 Å². The minimum atomic E-state index is -0.610. The molecular weight excluding hydrogens is 424 g/mol. The highest BCUT2D eigenvalue weighted by Crippen LogP contribution is 2.33. The van der Waals surface area contributed by atoms with Crippen LogP contribution in [-0.2, 0) is 4.79 Å². The fourth-order valence-electron chi connectivity index (χ4n) is 2.40. The van der Waals surface area contributed by atoms with Crippen molar-refractivity contribution in [1.29, 1.82) is 0 Å². The van der Waals surface area contributed by atoms with Gasteiger partial charge in [0.1, 0.15) is 10.8 Å². The maximum Gasteiger partial charge on any atom is 0.289 e. The van der Waals surface area contributed by atoms with Crippen LogP contribution >= 0.6 is 27.5 Å². The van der Waals surface area contributed by atoms with Crippen LogP contribution in [0.25, 0.3) is 10.8 Å². The Kier molecular flexibility index (Phi) is 5.39. The van der Waals surface area contributed by atoms with E-state index in [0.717, 1.165) is 15.2 Å². The lowest BCUT2D eigenvalue weighted by atomic mass is 10.1. The van der Waals surface area contributed by atoms with Gasteiger partial charge in [0.15, 0.2) is 6.61 Å². The molecule has 0 radical (unpaired) electrons. The average molecular weight is 436 g/mol. The highest BCUT2D eigenvalue weighted by molar-refractivity contribution is 9.10. The summed E-state index contributed by atoms with van der Waals surface area (Å²) in [7, 11) is 0. The van der Waals surface area contributed by atoms with E-state index in [1.807, 2.05) is 30.3 Å². The predicted octanol–water partition coefficient (Wildman–Crippen LogP) is 5.18. The van der Waals surface area contributed by atoms with E-state index in [0.29, 0.717) is 5.75 Å². The molecule has 0 unspecified atom stereocenters. The van der Waals surface area contributed by atoms with Crippen LogP contribution in [0.4, 0.5) is 11.4 Å². The van der Waals surface area contributed by atoms with Gasteiger partial charge in [0.05, 0.1) is 9.40 Å². The van der Waals surface area contributed by atoms with Crippen molar-refractivity contribution in [2.75, 3.05) is 11.9 Å². The molecule has 8 heteroatoms. The molecule has 0 aliphatic rings. The fraction of sp³-hybridized carbons (Fsp3) is 0.0556. The van der Waals surface area contributed by atoms with Crippen molar-refractivity contribution in [2.45, 2.75) is 0 Å². The van der Waals surface area contributed by atoms with Gasteiger partial charge in [0, 0.05) is 11.8 Å². The third-order valence-corrected chi connectivity index (χ3v) is 4.75. The zero-order chi connectivity index (χ0) is 18.7. The molecule has 0 bridgehead atoms. The Hall–Kier alpha value is -2.64. The number of ether oxygens (including phenoxy) is 1. The van der Waals surface area contributed by atoms with E-state index in [4.69, 9.17) is 16.3 Å². The van der Waals surface area contributed by atoms with Crippen molar-refractivity contribution in [3.05, 3.63) is 74.2 Å². The molecule has 0 spiro atoms. The van der Waals surface area contributed by atoms with Gasteiger partial charge in [0.2, 0.25) is 0 Å². The molecule has 3 aromatic carbocycles. The van der Waals surface area contributed by atoms with E-state index >= 15 is 0 Å². The molecule has 0 saturated carbocycles. The van der Waals surface area contributed by atoms with Gasteiger partial charge in [0.25, 0.3) is 11.6 Å². The lowest BCUT2D eigenvalue weighted by molar-refractivity contribution is -0.384. The van der Waals surface area contributed by atoms with Gasteiger partial charge >= 0.3 is 0 Å². The summed E-state index contributed by atoms with van der Waals surface area (Å²) in [6.07, 6.45) is 0. The van der Waals surface area contributed by atoms with E-state index in [2.05, 4.69) is 21.2 Å². The smallest absolute Gasteiger partial charge is 0.289 e. The number of hydrogen-bond acceptors (Lipinski definition) is 4. The summed E-state index contributed by atoms with van der Waals surface area (Å²) in [6.45, 7) is -0.243. The van der Waals surface area contributed by atoms with Crippen LogP contribution in [0.15, 0.2) is 59.1 Å². The van der Waals surface area contributed by atoms with Crippen LogP contribution in [0.2, 0.25) is 5.02 Å². The van der Waals surface area contributed by atoms with Gasteiger partial charge in [-0.05, 0) is 44.9 Å². The van der Waals surface area contributed by atoms with Gasteiger partial charge in [-0.3, -0.25) is 14.9 Å². The maximum absolute atomic E-state index is 12.1. The van der Waals surface area contributed by atoms with Crippen LogP contribution in [0.1, 0.15) is 0 Å². The largest absolute Gasteiger partial charge is 0.483 e. The number of carbonyl (C=O) groups excluding carboxylic acids is 1. The van der Waals surface area contributed by atoms with Crippen LogP contribution < -0.4 is 10.1 Å². The molecule has 0 atom stereocenters. The number of anilines is 1. The molecule has 1 amide bonds. The van der Waals surface area contributed by atoms with E-state index in [-0.39, 0.29) is 23.0 Å². The van der Waals surface area contributed by atoms with Gasteiger partial charge in [-0.25, -0.2) is 0 Å². The molecular formula is C18H12BrClN2O4. The Bertz CT molecular complexity index is 1010. The summed E-state index contributed by atoms with van der Waals surface area (Å²) in [6, 6.07) is 15.5. The molecule has 3 aromatic rings. The molecule has 132 valence electrons. The third kappa shape index (κ3) is 3.95. The summed E-state index contributed by atoms with van der Waals surface area (Å²) in [5.41, 5.74) is -0.00469. The first-order valence-corrected chi connectivity index (χ1v) is 8.66. The minimum Gasteiger partial charge on any atom is -0.483 e. The van der Waals surface area contributed by atoms with Crippen LogP contribution in [0.5, 0.6) is 5.75 Å². The zero-order valence-electron chi connectivity index (χ0n) is 13.2. The Morgan fingerprint density at radius 3 is 2.73 bits per heavy atom. The molecule has 0 heterocycles. The number of fused-ring (bicyclic) bond motifs is 1. The molecule has 1 N–H and O–H groups in total. The molecule has 3 rings (SSSR count). The highest BCUT2D eigenvalue weighted by Gasteiger charge is 2.14. The van der Waals surface area contributed by atoms with Crippen LogP contribution in [-0.4, -0.2) is 17.4 Å². The number of amides is 1. The van der Waals surface area contributed by atoms with Crippen molar-refractivity contribution >= 4 is 55.6 Å². The molecule has 0 aliphatic heterocycles. The molecule has 0 aliphatic carbocycles. The first-order valence-electron chi connectivity index (χ1n) is 7.49. The molecule has 6 nitrogen and oxygen atoms in total. The van der Waals surface area contributed by atoms with Gasteiger partial charge in [-0.15, -0.1) is 0 Å². The molecule has 0 aromatic heterocycles. The molecule has 0 fully saturated rings. The Balaban J connectivity index is 1.69. The second kappa shape index (κ2) is 7.72. The number of nitro benzene ring substituents is 1. The second-order valence-electron chi connectivity index (χ2n) is 5.36. The summed E-state index contributed by atoms with van der Waals surface area (Å²) in [5, 5.41) is 15.5. The first-order chi connectivity index (χ1) is 12.5. The standard InChI is InChI=1S/C18H12BrClN2O4/c19-18-13-4-2-1-3-11(13)5-8-16(18)26-10-17(23)21-12-6-7-14(20)15(9-12)22(24)25/h1-9H,10H2,(H,21,23). The summed E-state index contributed by atoms with van der Waals surface area (Å²) in [5.74, 6) is 0.0858. The Morgan fingerprint density at radius 2 is 1.96 bits per heavy atom. The van der Waals surface area contributed by atoms with Gasteiger partial charge in [-0.1, -0.05) is 41.9 Å². The lowest BCUT2D eigenvalue weighted by Crippen LogP contribution is -2.20. The quantitative estimate of drug-likeness (QED) is 0.442. The Labute approximate surface area is 162 Å². The number of carbonyl (C=O) groups is 1. The summed E-state index contributed by atoms with van der Waals surface area (Å²) in [4.78, 5) is 22.4. The number of nitrogens with one attached hydrogen (secondary N) is 1. The van der Waals surface area contributed by atoms with Crippen LogP contribution in [0.3, 0.4) is 0 Å². The zero-order valence-corrected chi connectivity index (χ0v) is 15.6. The number of hydrogen-bond donors (Lipinski definition) is 1. The van der Waals surface area contributed by atoms with Gasteiger partial charge < -0.3 is 10.1 Å². The number of rotatable bonds is 5. The van der Waals surface area contributed by atoms with Crippen LogP contribution in [0, 0.1) is 10.1 Å². The first kappa shape index (κ1) is 18.2. The Morgan fingerprint density at radius 1 is 1.19 bits per heavy atom. The maximum atomic E-state index is 12.1. The van der Waals surface area contributed by atoms with E-state index in [1.54, 1.807) is 6.07 Å². The number of benzene rings is 3. The fourth-order valence-corrected chi connectivity index (χ4v) is 3.19. The van der Waals surface area contributed by atoms with Crippen molar-refractivity contribution in [1.82, 2.24) is 0 Å². The summed E-state index contributed by atoms with van der Waals surface area (Å²) < 4.78 is 6.32. The normalized spacial score (nSPS) is 10.5. The molecule has 0 saturated heterocycles. The second-order valence-corrected chi connectivity index (χ2v) is 6.56. The third-order valence-electron chi connectivity index (χ3n) is 3.61. The summed E-state index contributed by atoms with van der Waals surface area (Å²) >= 11 is 9.24.